The largest absolute Gasteiger partial charge is 0.397 e. The van der Waals surface area contributed by atoms with Crippen LogP contribution < -0.4 is 0 Å². The molecule has 0 spiro atoms. The Morgan fingerprint density at radius 1 is 1.00 bits per heavy atom. The Bertz CT molecular complexity index is 1130. The topological polar surface area (TPSA) is 163 Å². The third kappa shape index (κ3) is 6.49. The molecule has 5 rings (SSSR count). The van der Waals surface area contributed by atoms with Gasteiger partial charge in [-0.05, 0) is 104 Å². The number of aliphatic hydroxyl groups is 4. The molecular weight excluding hydrogens is 576 g/mol. The quantitative estimate of drug-likeness (QED) is 0.188. The number of ether oxygens (including phenoxy) is 2. The van der Waals surface area contributed by atoms with Gasteiger partial charge in [-0.3, -0.25) is 4.55 Å². The zero-order valence-corrected chi connectivity index (χ0v) is 27.2. The SMILES string of the molecule is CC(C)[C@H](CC[C@@H](C)[C@H]1CC[C@H]2[C@@H]3C[C@H](O)[C@H]4C[C@H](O)CC[C@]4(C)C3=CC[C@]12C)O[C@@H]1OC[C@@H](OS(=O)(=O)O)[C@H](O)[C@H]1O. The molecule has 5 N–H and O–H groups in total. The summed E-state index contributed by atoms with van der Waals surface area (Å²) in [4.78, 5) is 0. The molecule has 4 aliphatic carbocycles. The van der Waals surface area contributed by atoms with E-state index in [0.717, 1.165) is 44.9 Å². The van der Waals surface area contributed by atoms with E-state index in [9.17, 15) is 28.8 Å². The molecule has 43 heavy (non-hydrogen) atoms. The third-order valence-electron chi connectivity index (χ3n) is 12.4. The van der Waals surface area contributed by atoms with Crippen LogP contribution in [-0.2, 0) is 24.1 Å². The van der Waals surface area contributed by atoms with Crippen LogP contribution in [0.4, 0.5) is 0 Å². The zero-order chi connectivity index (χ0) is 31.5. The molecule has 0 bridgehead atoms. The van der Waals surface area contributed by atoms with Crippen LogP contribution in [0.25, 0.3) is 0 Å². The summed E-state index contributed by atoms with van der Waals surface area (Å²) in [6.07, 6.45) is 4.23. The fourth-order valence-electron chi connectivity index (χ4n) is 10.0. The number of fused-ring (bicyclic) bond motifs is 5. The van der Waals surface area contributed by atoms with Crippen LogP contribution in [0.1, 0.15) is 92.4 Å². The van der Waals surface area contributed by atoms with Gasteiger partial charge in [0.25, 0.3) is 0 Å². The molecule has 0 aromatic heterocycles. The number of rotatable bonds is 9. The van der Waals surface area contributed by atoms with Gasteiger partial charge >= 0.3 is 10.4 Å². The number of allylic oxidation sites excluding steroid dienone is 2. The van der Waals surface area contributed by atoms with Crippen molar-refractivity contribution in [1.82, 2.24) is 0 Å². The molecule has 248 valence electrons. The van der Waals surface area contributed by atoms with Crippen molar-refractivity contribution in [1.29, 1.82) is 0 Å². The van der Waals surface area contributed by atoms with Crippen LogP contribution in [0.15, 0.2) is 11.6 Å². The van der Waals surface area contributed by atoms with Gasteiger partial charge in [0.05, 0.1) is 24.9 Å². The highest BCUT2D eigenvalue weighted by Gasteiger charge is 2.59. The summed E-state index contributed by atoms with van der Waals surface area (Å²) in [6.45, 7) is 10.9. The Morgan fingerprint density at radius 2 is 1.72 bits per heavy atom. The normalized spacial score (nSPS) is 46.4. The van der Waals surface area contributed by atoms with Crippen molar-refractivity contribution < 1.29 is 47.1 Å². The second-order valence-corrected chi connectivity index (χ2v) is 16.3. The van der Waals surface area contributed by atoms with Gasteiger partial charge in [-0.2, -0.15) is 8.42 Å². The predicted octanol–water partition coefficient (Wildman–Crippen LogP) is 3.62. The highest BCUT2D eigenvalue weighted by atomic mass is 32.3. The maximum absolute atomic E-state index is 11.3. The van der Waals surface area contributed by atoms with Crippen molar-refractivity contribution in [3.8, 4) is 0 Å². The molecule has 10 nitrogen and oxygen atoms in total. The molecule has 0 aromatic rings. The molecule has 0 amide bonds. The Kier molecular flexibility index (Phi) is 9.82. The Balaban J connectivity index is 1.22. The monoisotopic (exact) mass is 630 g/mol. The number of aliphatic hydroxyl groups excluding tert-OH is 4. The van der Waals surface area contributed by atoms with E-state index in [-0.39, 0.29) is 47.6 Å². The van der Waals surface area contributed by atoms with E-state index < -0.39 is 35.0 Å². The Hall–Kier alpha value is -0.630. The number of hydrogen-bond acceptors (Lipinski definition) is 9. The number of hydrogen-bond donors (Lipinski definition) is 5. The highest BCUT2D eigenvalue weighted by molar-refractivity contribution is 7.80. The van der Waals surface area contributed by atoms with Crippen LogP contribution in [0, 0.1) is 46.3 Å². The van der Waals surface area contributed by atoms with E-state index in [1.165, 1.54) is 6.42 Å². The van der Waals surface area contributed by atoms with Crippen molar-refractivity contribution in [2.45, 2.75) is 135 Å². The molecule has 0 aromatic carbocycles. The summed E-state index contributed by atoms with van der Waals surface area (Å²) < 4.78 is 47.2. The van der Waals surface area contributed by atoms with Gasteiger partial charge in [0.1, 0.15) is 18.3 Å². The second kappa shape index (κ2) is 12.5. The van der Waals surface area contributed by atoms with Crippen LogP contribution >= 0.6 is 0 Å². The maximum atomic E-state index is 11.3. The van der Waals surface area contributed by atoms with E-state index >= 15 is 0 Å². The molecule has 14 atom stereocenters. The van der Waals surface area contributed by atoms with Crippen molar-refractivity contribution in [3.05, 3.63) is 11.6 Å². The summed E-state index contributed by atoms with van der Waals surface area (Å²) in [5, 5.41) is 42.6. The Labute approximate surface area is 257 Å². The van der Waals surface area contributed by atoms with E-state index in [0.29, 0.717) is 30.1 Å². The third-order valence-corrected chi connectivity index (χ3v) is 12.9. The van der Waals surface area contributed by atoms with Crippen LogP contribution in [0.3, 0.4) is 0 Å². The first kappa shape index (κ1) is 33.7. The fourth-order valence-corrected chi connectivity index (χ4v) is 10.5. The maximum Gasteiger partial charge on any atom is 0.397 e. The van der Waals surface area contributed by atoms with Crippen molar-refractivity contribution in [3.63, 3.8) is 0 Å². The first-order valence-electron chi connectivity index (χ1n) is 16.4. The molecule has 0 radical (unpaired) electrons. The molecule has 1 aliphatic heterocycles. The highest BCUT2D eigenvalue weighted by Crippen LogP contribution is 2.66. The van der Waals surface area contributed by atoms with Gasteiger partial charge in [-0.25, -0.2) is 4.18 Å². The summed E-state index contributed by atoms with van der Waals surface area (Å²) in [5.41, 5.74) is 1.69. The molecule has 4 fully saturated rings. The molecule has 0 unspecified atom stereocenters. The average molecular weight is 631 g/mol. The lowest BCUT2D eigenvalue weighted by Gasteiger charge is -2.58. The smallest absolute Gasteiger partial charge is 0.393 e. The van der Waals surface area contributed by atoms with Gasteiger partial charge in [-0.15, -0.1) is 0 Å². The van der Waals surface area contributed by atoms with E-state index in [2.05, 4.69) is 31.0 Å². The van der Waals surface area contributed by atoms with Gasteiger partial charge in [-0.1, -0.05) is 46.3 Å². The molecule has 3 saturated carbocycles. The first-order valence-corrected chi connectivity index (χ1v) is 17.8. The summed E-state index contributed by atoms with van der Waals surface area (Å²) in [6, 6.07) is 0. The molecule has 1 heterocycles. The van der Waals surface area contributed by atoms with Crippen molar-refractivity contribution in [2.75, 3.05) is 6.61 Å². The minimum absolute atomic E-state index is 0.0216. The lowest BCUT2D eigenvalue weighted by atomic mass is 9.47. The van der Waals surface area contributed by atoms with E-state index in [1.807, 2.05) is 13.8 Å². The van der Waals surface area contributed by atoms with E-state index in [4.69, 9.17) is 14.0 Å². The average Bonchev–Trinajstić information content (AvgIpc) is 3.28. The van der Waals surface area contributed by atoms with Gasteiger partial charge < -0.3 is 29.9 Å². The zero-order valence-electron chi connectivity index (χ0n) is 26.3. The summed E-state index contributed by atoms with van der Waals surface area (Å²) in [5.74, 6) is 2.18. The standard InChI is InChI=1S/C32H54O10S/c1-17(2)26(41-30-29(36)28(35)27(16-40-30)42-43(37,38)39)9-6-18(3)21-7-8-22-20-15-25(34)24-14-19(33)10-12-32(24,5)23(20)11-13-31(21,22)4/h11,17-22,24-30,33-36H,6-10,12-16H2,1-5H3,(H,37,38,39)/t18-,19-,20+,21-,22+,24-,25+,26+,27-,28+,29-,30+,31-,32-/m1/s1. The van der Waals surface area contributed by atoms with Crippen LogP contribution in [-0.4, -0.2) is 82.9 Å². The van der Waals surface area contributed by atoms with Gasteiger partial charge in [0.2, 0.25) is 0 Å². The Morgan fingerprint density at radius 3 is 2.40 bits per heavy atom. The predicted molar refractivity (Wildman–Crippen MR) is 159 cm³/mol. The van der Waals surface area contributed by atoms with E-state index in [1.54, 1.807) is 5.57 Å². The molecule has 1 saturated heterocycles. The first-order chi connectivity index (χ1) is 20.0. The van der Waals surface area contributed by atoms with Gasteiger partial charge in [0.15, 0.2) is 6.29 Å². The van der Waals surface area contributed by atoms with Crippen molar-refractivity contribution in [2.24, 2.45) is 46.3 Å². The second-order valence-electron chi connectivity index (χ2n) is 15.2. The molecule has 5 aliphatic rings. The minimum atomic E-state index is -4.81. The molecular formula is C32H54O10S. The summed E-state index contributed by atoms with van der Waals surface area (Å²) >= 11 is 0. The fraction of sp³-hybridized carbons (Fsp3) is 0.938. The van der Waals surface area contributed by atoms with Crippen molar-refractivity contribution >= 4 is 10.4 Å². The lowest BCUT2D eigenvalue weighted by Crippen LogP contribution is -2.56. The minimum Gasteiger partial charge on any atom is -0.393 e. The van der Waals surface area contributed by atoms with Crippen LogP contribution in [0.5, 0.6) is 0 Å². The van der Waals surface area contributed by atoms with Gasteiger partial charge in [0, 0.05) is 0 Å². The van der Waals surface area contributed by atoms with Crippen LogP contribution in [0.2, 0.25) is 0 Å². The summed E-state index contributed by atoms with van der Waals surface area (Å²) in [7, 11) is -4.81. The lowest BCUT2D eigenvalue weighted by molar-refractivity contribution is -0.283. The molecule has 11 heteroatoms.